The lowest BCUT2D eigenvalue weighted by molar-refractivity contribution is -0.143. The van der Waals surface area contributed by atoms with Gasteiger partial charge in [-0.1, -0.05) is 87.4 Å². The molecule has 0 atom stereocenters. The summed E-state index contributed by atoms with van der Waals surface area (Å²) in [5, 5.41) is 0. The van der Waals surface area contributed by atoms with Crippen molar-refractivity contribution in [2.24, 2.45) is 0 Å². The molecule has 1 rings (SSSR count). The molecule has 5 nitrogen and oxygen atoms in total. The molecule has 0 aromatic heterocycles. The number of hydrogen-bond donors (Lipinski definition) is 0. The molecule has 0 radical (unpaired) electrons. The molecule has 0 saturated carbocycles. The first-order valence-electron chi connectivity index (χ1n) is 11.7. The van der Waals surface area contributed by atoms with Crippen LogP contribution in [0, 0.1) is 0 Å². The van der Waals surface area contributed by atoms with Gasteiger partial charge in [-0.2, -0.15) is 0 Å². The standard InChI is InChI=1S/C24H39NO4S4/c1-3-18-30-32-20-16-28-23(26)11-14-25(13-10-22-8-6-5-7-9-22)15-12-24(27)29-17-21-33-31-19-4-2/h5-9H,3-4,10-21H2,1-2H3. The lowest BCUT2D eigenvalue weighted by Crippen LogP contribution is -2.31. The van der Waals surface area contributed by atoms with Gasteiger partial charge in [0.05, 0.1) is 12.8 Å². The van der Waals surface area contributed by atoms with Crippen LogP contribution in [0.25, 0.3) is 0 Å². The number of nitrogens with zero attached hydrogens (tertiary/aromatic N) is 1. The van der Waals surface area contributed by atoms with E-state index in [0.717, 1.165) is 48.8 Å². The Morgan fingerprint density at radius 3 is 1.70 bits per heavy atom. The number of esters is 2. The molecule has 0 amide bonds. The molecule has 0 aliphatic heterocycles. The Labute approximate surface area is 216 Å². The Morgan fingerprint density at radius 1 is 0.727 bits per heavy atom. The molecule has 1 aromatic rings. The highest BCUT2D eigenvalue weighted by molar-refractivity contribution is 8.77. The lowest BCUT2D eigenvalue weighted by atomic mass is 10.1. The third kappa shape index (κ3) is 18.5. The second kappa shape index (κ2) is 22.0. The molecule has 33 heavy (non-hydrogen) atoms. The summed E-state index contributed by atoms with van der Waals surface area (Å²) < 4.78 is 10.7. The van der Waals surface area contributed by atoms with E-state index in [4.69, 9.17) is 9.47 Å². The topological polar surface area (TPSA) is 55.8 Å². The van der Waals surface area contributed by atoms with Crippen molar-refractivity contribution >= 4 is 55.1 Å². The minimum Gasteiger partial charge on any atom is -0.465 e. The van der Waals surface area contributed by atoms with Gasteiger partial charge in [0.25, 0.3) is 0 Å². The number of rotatable bonds is 21. The molecule has 1 aromatic carbocycles. The number of hydrogen-bond acceptors (Lipinski definition) is 9. The Bertz CT molecular complexity index is 590. The Balaban J connectivity index is 2.33. The van der Waals surface area contributed by atoms with Gasteiger partial charge in [-0.05, 0) is 24.8 Å². The largest absolute Gasteiger partial charge is 0.465 e. The van der Waals surface area contributed by atoms with Crippen LogP contribution in [0.15, 0.2) is 30.3 Å². The van der Waals surface area contributed by atoms with Gasteiger partial charge in [0.15, 0.2) is 0 Å². The Kier molecular flexibility index (Phi) is 20.4. The molecule has 0 saturated heterocycles. The predicted molar refractivity (Wildman–Crippen MR) is 148 cm³/mol. The SMILES string of the molecule is CCCSSCCOC(=O)CCN(CCC(=O)OCCSSCCC)CCc1ccccc1. The molecule has 188 valence electrons. The number of carbonyl (C=O) groups excluding carboxylic acids is 2. The average molecular weight is 534 g/mol. The van der Waals surface area contributed by atoms with Gasteiger partial charge in [0, 0.05) is 42.6 Å². The van der Waals surface area contributed by atoms with E-state index in [-0.39, 0.29) is 11.9 Å². The molecule has 0 unspecified atom stereocenters. The first-order chi connectivity index (χ1) is 16.2. The second-order valence-electron chi connectivity index (χ2n) is 7.31. The van der Waals surface area contributed by atoms with Gasteiger partial charge in [-0.25, -0.2) is 0 Å². The van der Waals surface area contributed by atoms with Crippen molar-refractivity contribution in [2.75, 3.05) is 55.9 Å². The van der Waals surface area contributed by atoms with Crippen LogP contribution < -0.4 is 0 Å². The number of carbonyl (C=O) groups is 2. The maximum atomic E-state index is 12.1. The molecule has 0 aliphatic carbocycles. The Hall–Kier alpha value is -0.480. The first kappa shape index (κ1) is 30.6. The fraction of sp³-hybridized carbons (Fsp3) is 0.667. The maximum absolute atomic E-state index is 12.1. The minimum atomic E-state index is -0.176. The third-order valence-electron chi connectivity index (χ3n) is 4.42. The van der Waals surface area contributed by atoms with Gasteiger partial charge in [-0.15, -0.1) is 0 Å². The highest BCUT2D eigenvalue weighted by Gasteiger charge is 2.13. The van der Waals surface area contributed by atoms with Crippen LogP contribution in [-0.2, 0) is 25.5 Å². The van der Waals surface area contributed by atoms with Gasteiger partial charge >= 0.3 is 11.9 Å². The maximum Gasteiger partial charge on any atom is 0.307 e. The molecule has 0 heterocycles. The zero-order chi connectivity index (χ0) is 24.0. The molecular formula is C24H39NO4S4. The van der Waals surface area contributed by atoms with Crippen LogP contribution in [0.2, 0.25) is 0 Å². The second-order valence-corrected chi connectivity index (χ2v) is 12.7. The zero-order valence-electron chi connectivity index (χ0n) is 20.0. The number of ether oxygens (including phenoxy) is 2. The average Bonchev–Trinajstić information content (AvgIpc) is 2.83. The summed E-state index contributed by atoms with van der Waals surface area (Å²) in [4.78, 5) is 26.4. The molecule has 9 heteroatoms. The summed E-state index contributed by atoms with van der Waals surface area (Å²) in [7, 11) is 7.13. The summed E-state index contributed by atoms with van der Waals surface area (Å²) in [5.41, 5.74) is 1.25. The van der Waals surface area contributed by atoms with E-state index in [1.54, 1.807) is 21.6 Å². The van der Waals surface area contributed by atoms with Gasteiger partial charge in [0.1, 0.15) is 13.2 Å². The quantitative estimate of drug-likeness (QED) is 0.108. The summed E-state index contributed by atoms with van der Waals surface area (Å²) in [5.74, 6) is 3.52. The van der Waals surface area contributed by atoms with Crippen molar-refractivity contribution in [3.05, 3.63) is 35.9 Å². The highest BCUT2D eigenvalue weighted by atomic mass is 33.1. The molecule has 0 aliphatic rings. The van der Waals surface area contributed by atoms with E-state index in [9.17, 15) is 9.59 Å². The molecule has 0 N–H and O–H groups in total. The third-order valence-corrected chi connectivity index (χ3v) is 9.57. The number of benzene rings is 1. The van der Waals surface area contributed by atoms with E-state index in [1.165, 1.54) is 5.56 Å². The van der Waals surface area contributed by atoms with E-state index in [2.05, 4.69) is 30.9 Å². The van der Waals surface area contributed by atoms with Crippen molar-refractivity contribution in [1.82, 2.24) is 4.90 Å². The van der Waals surface area contributed by atoms with Crippen molar-refractivity contribution in [3.63, 3.8) is 0 Å². The first-order valence-corrected chi connectivity index (χ1v) is 16.7. The van der Waals surface area contributed by atoms with Crippen LogP contribution >= 0.6 is 43.2 Å². The van der Waals surface area contributed by atoms with Crippen molar-refractivity contribution < 1.29 is 19.1 Å². The molecule has 0 fully saturated rings. The van der Waals surface area contributed by atoms with Crippen molar-refractivity contribution in [2.45, 2.75) is 46.0 Å². The van der Waals surface area contributed by atoms with E-state index in [1.807, 2.05) is 39.8 Å². The van der Waals surface area contributed by atoms with E-state index >= 15 is 0 Å². The van der Waals surface area contributed by atoms with Crippen molar-refractivity contribution in [1.29, 1.82) is 0 Å². The zero-order valence-corrected chi connectivity index (χ0v) is 23.3. The molecular weight excluding hydrogens is 495 g/mol. The smallest absolute Gasteiger partial charge is 0.307 e. The minimum absolute atomic E-state index is 0.176. The normalized spacial score (nSPS) is 11.0. The van der Waals surface area contributed by atoms with Crippen LogP contribution in [0.1, 0.15) is 45.1 Å². The lowest BCUT2D eigenvalue weighted by Gasteiger charge is -2.21. The summed E-state index contributed by atoms with van der Waals surface area (Å²) >= 11 is 0. The van der Waals surface area contributed by atoms with Crippen LogP contribution in [0.4, 0.5) is 0 Å². The van der Waals surface area contributed by atoms with Gasteiger partial charge in [0.2, 0.25) is 0 Å². The van der Waals surface area contributed by atoms with Gasteiger partial charge < -0.3 is 14.4 Å². The van der Waals surface area contributed by atoms with Crippen LogP contribution in [0.3, 0.4) is 0 Å². The monoisotopic (exact) mass is 533 g/mol. The van der Waals surface area contributed by atoms with Crippen LogP contribution in [0.5, 0.6) is 0 Å². The fourth-order valence-electron chi connectivity index (χ4n) is 2.69. The fourth-order valence-corrected chi connectivity index (χ4v) is 6.62. The summed E-state index contributed by atoms with van der Waals surface area (Å²) in [6.07, 6.45) is 3.85. The summed E-state index contributed by atoms with van der Waals surface area (Å²) in [6, 6.07) is 10.3. The molecule has 0 bridgehead atoms. The van der Waals surface area contributed by atoms with Crippen molar-refractivity contribution in [3.8, 4) is 0 Å². The molecule has 0 spiro atoms. The Morgan fingerprint density at radius 2 is 1.21 bits per heavy atom. The van der Waals surface area contributed by atoms with E-state index in [0.29, 0.717) is 39.1 Å². The van der Waals surface area contributed by atoms with E-state index < -0.39 is 0 Å². The van der Waals surface area contributed by atoms with Crippen LogP contribution in [-0.4, -0.2) is 72.7 Å². The predicted octanol–water partition coefficient (Wildman–Crippen LogP) is 5.98. The van der Waals surface area contributed by atoms with Gasteiger partial charge in [-0.3, -0.25) is 9.59 Å². The summed E-state index contributed by atoms with van der Waals surface area (Å²) in [6.45, 7) is 7.17. The highest BCUT2D eigenvalue weighted by Crippen LogP contribution is 2.21.